The molecule has 9 nitrogen and oxygen atoms in total. The minimum atomic E-state index is -0.119. The Balaban J connectivity index is 1.28. The highest BCUT2D eigenvalue weighted by Crippen LogP contribution is 2.24. The Morgan fingerprint density at radius 2 is 1.90 bits per heavy atom. The number of nitrogens with one attached hydrogen (secondary N) is 1. The Labute approximate surface area is 173 Å². The van der Waals surface area contributed by atoms with Crippen molar-refractivity contribution in [2.75, 3.05) is 30.4 Å². The smallest absolute Gasteiger partial charge is 0.321 e. The Morgan fingerprint density at radius 1 is 1.07 bits per heavy atom. The lowest BCUT2D eigenvalue weighted by Crippen LogP contribution is -2.60. The van der Waals surface area contributed by atoms with Crippen molar-refractivity contribution in [2.24, 2.45) is 0 Å². The van der Waals surface area contributed by atoms with Crippen LogP contribution in [0.3, 0.4) is 0 Å². The van der Waals surface area contributed by atoms with E-state index in [4.69, 9.17) is 5.10 Å². The molecule has 2 amide bonds. The van der Waals surface area contributed by atoms with Crippen LogP contribution in [0, 0.1) is 0 Å². The van der Waals surface area contributed by atoms with Gasteiger partial charge < -0.3 is 15.1 Å². The first kappa shape index (κ1) is 18.0. The molecule has 0 unspecified atom stereocenters. The van der Waals surface area contributed by atoms with E-state index in [1.807, 2.05) is 61.6 Å². The summed E-state index contributed by atoms with van der Waals surface area (Å²) in [6.45, 7) is 1.42. The molecule has 0 atom stereocenters. The van der Waals surface area contributed by atoms with Crippen LogP contribution in [0.15, 0.2) is 67.0 Å². The van der Waals surface area contributed by atoms with Gasteiger partial charge in [-0.1, -0.05) is 18.2 Å². The summed E-state index contributed by atoms with van der Waals surface area (Å²) < 4.78 is 1.73. The molecule has 0 radical (unpaired) electrons. The molecule has 5 rings (SSSR count). The Morgan fingerprint density at radius 3 is 2.67 bits per heavy atom. The van der Waals surface area contributed by atoms with Gasteiger partial charge in [0, 0.05) is 43.8 Å². The summed E-state index contributed by atoms with van der Waals surface area (Å²) in [5.41, 5.74) is 2.32. The number of amides is 2. The van der Waals surface area contributed by atoms with Gasteiger partial charge in [0.15, 0.2) is 11.5 Å². The van der Waals surface area contributed by atoms with Crippen LogP contribution in [0.1, 0.15) is 0 Å². The average molecular weight is 400 g/mol. The maximum Gasteiger partial charge on any atom is 0.321 e. The summed E-state index contributed by atoms with van der Waals surface area (Å²) in [7, 11) is 1.82. The predicted molar refractivity (Wildman–Crippen MR) is 113 cm³/mol. The van der Waals surface area contributed by atoms with Crippen molar-refractivity contribution >= 4 is 23.2 Å². The van der Waals surface area contributed by atoms with E-state index >= 15 is 0 Å². The summed E-state index contributed by atoms with van der Waals surface area (Å²) in [4.78, 5) is 20.5. The van der Waals surface area contributed by atoms with Gasteiger partial charge in [0.1, 0.15) is 5.82 Å². The molecule has 1 aliphatic rings. The van der Waals surface area contributed by atoms with E-state index in [9.17, 15) is 4.79 Å². The molecule has 9 heteroatoms. The van der Waals surface area contributed by atoms with Crippen LogP contribution in [0.5, 0.6) is 0 Å². The SMILES string of the molecule is CN(C(=O)Nc1ccccc1)C1CN(c2ccc3nnc(-c4cccnc4)n3n2)C1. The van der Waals surface area contributed by atoms with E-state index < -0.39 is 0 Å². The summed E-state index contributed by atoms with van der Waals surface area (Å²) in [6.07, 6.45) is 3.46. The number of hydrogen-bond acceptors (Lipinski definition) is 6. The molecule has 1 saturated heterocycles. The molecule has 1 fully saturated rings. The van der Waals surface area contributed by atoms with E-state index in [0.29, 0.717) is 24.6 Å². The van der Waals surface area contributed by atoms with Crippen molar-refractivity contribution in [1.29, 1.82) is 0 Å². The number of pyridine rings is 1. The van der Waals surface area contributed by atoms with E-state index in [0.717, 1.165) is 17.1 Å². The quantitative estimate of drug-likeness (QED) is 0.566. The largest absolute Gasteiger partial charge is 0.351 e. The maximum absolute atomic E-state index is 12.5. The lowest BCUT2D eigenvalue weighted by atomic mass is 10.1. The zero-order valence-electron chi connectivity index (χ0n) is 16.4. The second kappa shape index (κ2) is 7.43. The number of fused-ring (bicyclic) bond motifs is 1. The molecule has 0 bridgehead atoms. The highest BCUT2D eigenvalue weighted by molar-refractivity contribution is 5.89. The fraction of sp³-hybridized carbons (Fsp3) is 0.190. The number of likely N-dealkylation sites (N-methyl/N-ethyl adjacent to an activating group) is 1. The van der Waals surface area contributed by atoms with Crippen molar-refractivity contribution < 1.29 is 4.79 Å². The third-order valence-electron chi connectivity index (χ3n) is 5.25. The number of carbonyl (C=O) groups excluding carboxylic acids is 1. The van der Waals surface area contributed by atoms with Gasteiger partial charge in [0.25, 0.3) is 0 Å². The number of rotatable bonds is 4. The van der Waals surface area contributed by atoms with E-state index in [1.54, 1.807) is 21.8 Å². The number of para-hydroxylation sites is 1. The molecular weight excluding hydrogens is 380 g/mol. The molecule has 0 saturated carbocycles. The molecule has 30 heavy (non-hydrogen) atoms. The highest BCUT2D eigenvalue weighted by Gasteiger charge is 2.33. The van der Waals surface area contributed by atoms with Crippen LogP contribution >= 0.6 is 0 Å². The van der Waals surface area contributed by atoms with Crippen LogP contribution in [0.25, 0.3) is 17.0 Å². The predicted octanol–water partition coefficient (Wildman–Crippen LogP) is 2.54. The average Bonchev–Trinajstić information content (AvgIpc) is 3.17. The standard InChI is InChI=1S/C21H20N8O/c1-27(21(30)23-16-7-3-2-4-8-16)17-13-28(14-17)19-10-9-18-24-25-20(29(18)26-19)15-6-5-11-22-12-15/h2-12,17H,13-14H2,1H3,(H,23,30). The van der Waals surface area contributed by atoms with Gasteiger partial charge in [-0.2, -0.15) is 4.52 Å². The zero-order valence-corrected chi connectivity index (χ0v) is 16.4. The summed E-state index contributed by atoms with van der Waals surface area (Å²) in [5, 5.41) is 16.1. The Hall–Kier alpha value is -4.01. The van der Waals surface area contributed by atoms with Gasteiger partial charge in [-0.15, -0.1) is 15.3 Å². The molecule has 0 spiro atoms. The number of aromatic nitrogens is 5. The van der Waals surface area contributed by atoms with Gasteiger partial charge in [-0.25, -0.2) is 4.79 Å². The van der Waals surface area contributed by atoms with Gasteiger partial charge in [-0.3, -0.25) is 4.98 Å². The van der Waals surface area contributed by atoms with Crippen molar-refractivity contribution in [1.82, 2.24) is 29.7 Å². The molecule has 4 aromatic rings. The number of nitrogens with zero attached hydrogens (tertiary/aromatic N) is 7. The second-order valence-corrected chi connectivity index (χ2v) is 7.19. The lowest BCUT2D eigenvalue weighted by Gasteiger charge is -2.44. The summed E-state index contributed by atoms with van der Waals surface area (Å²) in [6, 6.07) is 17.1. The van der Waals surface area contributed by atoms with Crippen molar-refractivity contribution in [3.05, 3.63) is 67.0 Å². The van der Waals surface area contributed by atoms with Crippen molar-refractivity contribution in [3.8, 4) is 11.4 Å². The topological polar surface area (TPSA) is 91.5 Å². The minimum Gasteiger partial charge on any atom is -0.351 e. The Bertz CT molecular complexity index is 1170. The molecule has 150 valence electrons. The normalized spacial score (nSPS) is 13.8. The summed E-state index contributed by atoms with van der Waals surface area (Å²) in [5.74, 6) is 1.47. The van der Waals surface area contributed by atoms with E-state index in [-0.39, 0.29) is 12.1 Å². The van der Waals surface area contributed by atoms with Gasteiger partial charge in [0.05, 0.1) is 6.04 Å². The van der Waals surface area contributed by atoms with Crippen molar-refractivity contribution in [3.63, 3.8) is 0 Å². The monoisotopic (exact) mass is 400 g/mol. The zero-order chi connectivity index (χ0) is 20.5. The molecule has 1 aliphatic heterocycles. The van der Waals surface area contributed by atoms with Crippen LogP contribution < -0.4 is 10.2 Å². The number of urea groups is 1. The minimum absolute atomic E-state index is 0.116. The molecule has 3 aromatic heterocycles. The number of carbonyl (C=O) groups is 1. The fourth-order valence-electron chi connectivity index (χ4n) is 3.41. The molecule has 4 heterocycles. The van der Waals surface area contributed by atoms with Gasteiger partial charge in [0.2, 0.25) is 0 Å². The van der Waals surface area contributed by atoms with Crippen LogP contribution in [0.4, 0.5) is 16.3 Å². The third-order valence-corrected chi connectivity index (χ3v) is 5.25. The van der Waals surface area contributed by atoms with Gasteiger partial charge in [-0.05, 0) is 36.4 Å². The first-order chi connectivity index (χ1) is 14.7. The van der Waals surface area contributed by atoms with Crippen molar-refractivity contribution in [2.45, 2.75) is 6.04 Å². The molecular formula is C21H20N8O. The highest BCUT2D eigenvalue weighted by atomic mass is 16.2. The lowest BCUT2D eigenvalue weighted by molar-refractivity contribution is 0.191. The molecule has 0 aliphatic carbocycles. The molecule has 1 N–H and O–H groups in total. The van der Waals surface area contributed by atoms with E-state index in [1.165, 1.54) is 0 Å². The van der Waals surface area contributed by atoms with Crippen LogP contribution in [0.2, 0.25) is 0 Å². The fourth-order valence-corrected chi connectivity index (χ4v) is 3.41. The first-order valence-electron chi connectivity index (χ1n) is 9.66. The number of benzene rings is 1. The Kier molecular flexibility index (Phi) is 4.47. The second-order valence-electron chi connectivity index (χ2n) is 7.19. The van der Waals surface area contributed by atoms with Crippen LogP contribution in [-0.4, -0.2) is 61.9 Å². The number of anilines is 2. The van der Waals surface area contributed by atoms with Crippen LogP contribution in [-0.2, 0) is 0 Å². The summed E-state index contributed by atoms with van der Waals surface area (Å²) >= 11 is 0. The van der Waals surface area contributed by atoms with Gasteiger partial charge >= 0.3 is 6.03 Å². The van der Waals surface area contributed by atoms with E-state index in [2.05, 4.69) is 25.4 Å². The maximum atomic E-state index is 12.5. The first-order valence-corrected chi connectivity index (χ1v) is 9.66. The third kappa shape index (κ3) is 3.30. The molecule has 1 aromatic carbocycles. The number of hydrogen-bond donors (Lipinski definition) is 1.